The number of para-hydroxylation sites is 2. The first-order chi connectivity index (χ1) is 16.6. The van der Waals surface area contributed by atoms with Gasteiger partial charge in [-0.2, -0.15) is 4.98 Å². The number of anilines is 2. The summed E-state index contributed by atoms with van der Waals surface area (Å²) < 4.78 is 7.10. The van der Waals surface area contributed by atoms with E-state index >= 15 is 0 Å². The van der Waals surface area contributed by atoms with Gasteiger partial charge in [0.1, 0.15) is 11.8 Å². The normalized spacial score (nSPS) is 14.9. The van der Waals surface area contributed by atoms with Crippen LogP contribution in [0.3, 0.4) is 0 Å². The van der Waals surface area contributed by atoms with Crippen LogP contribution in [0.4, 0.5) is 11.6 Å². The highest BCUT2D eigenvalue weighted by Gasteiger charge is 2.35. The minimum absolute atomic E-state index is 0.281. The third-order valence-corrected chi connectivity index (χ3v) is 5.92. The maximum atomic E-state index is 13.6. The molecular formula is C25H21ClN6O2. The van der Waals surface area contributed by atoms with Gasteiger partial charge in [0.25, 0.3) is 5.91 Å². The molecule has 34 heavy (non-hydrogen) atoms. The van der Waals surface area contributed by atoms with Crippen molar-refractivity contribution in [3.05, 3.63) is 94.9 Å². The number of carbonyl (C=O) groups is 1. The first-order valence-electron chi connectivity index (χ1n) is 10.6. The van der Waals surface area contributed by atoms with Gasteiger partial charge in [-0.3, -0.25) is 9.78 Å². The van der Waals surface area contributed by atoms with E-state index in [4.69, 9.17) is 21.4 Å². The number of nitrogens with zero attached hydrogens (tertiary/aromatic N) is 4. The highest BCUT2D eigenvalue weighted by atomic mass is 35.5. The van der Waals surface area contributed by atoms with E-state index in [-0.39, 0.29) is 5.91 Å². The van der Waals surface area contributed by atoms with E-state index in [1.165, 1.54) is 0 Å². The Morgan fingerprint density at radius 2 is 1.82 bits per heavy atom. The number of halogens is 1. The lowest BCUT2D eigenvalue weighted by molar-refractivity contribution is -0.113. The van der Waals surface area contributed by atoms with Crippen molar-refractivity contribution in [2.75, 3.05) is 17.7 Å². The summed E-state index contributed by atoms with van der Waals surface area (Å²) in [5.41, 5.74) is 3.29. The topological polar surface area (TPSA) is 94.0 Å². The minimum Gasteiger partial charge on any atom is -0.495 e. The average molecular weight is 473 g/mol. The Bertz CT molecular complexity index is 1400. The first-order valence-corrected chi connectivity index (χ1v) is 11.0. The van der Waals surface area contributed by atoms with Crippen LogP contribution in [0.2, 0.25) is 5.02 Å². The van der Waals surface area contributed by atoms with E-state index in [9.17, 15) is 4.79 Å². The second-order valence-corrected chi connectivity index (χ2v) is 8.09. The summed E-state index contributed by atoms with van der Waals surface area (Å²) >= 11 is 6.40. The first kappa shape index (κ1) is 21.7. The highest BCUT2D eigenvalue weighted by Crippen LogP contribution is 2.38. The molecular weight excluding hydrogens is 452 g/mol. The van der Waals surface area contributed by atoms with E-state index in [1.807, 2.05) is 49.4 Å². The molecule has 8 nitrogen and oxygen atoms in total. The van der Waals surface area contributed by atoms with Crippen LogP contribution in [0.5, 0.6) is 5.75 Å². The van der Waals surface area contributed by atoms with Crippen molar-refractivity contribution < 1.29 is 9.53 Å². The van der Waals surface area contributed by atoms with Crippen LogP contribution in [-0.2, 0) is 4.79 Å². The number of rotatable bonds is 5. The Hall–Kier alpha value is -4.17. The molecule has 2 aromatic heterocycles. The molecule has 1 amide bonds. The third-order valence-electron chi connectivity index (χ3n) is 5.59. The summed E-state index contributed by atoms with van der Waals surface area (Å²) in [6.07, 6.45) is 3.38. The zero-order valence-electron chi connectivity index (χ0n) is 18.5. The molecule has 1 aliphatic heterocycles. The van der Waals surface area contributed by atoms with E-state index < -0.39 is 6.04 Å². The summed E-state index contributed by atoms with van der Waals surface area (Å²) in [4.78, 5) is 22.4. The number of benzene rings is 2. The number of methoxy groups -OCH3 is 1. The van der Waals surface area contributed by atoms with Gasteiger partial charge in [-0.25, -0.2) is 4.68 Å². The van der Waals surface area contributed by atoms with Gasteiger partial charge in [-0.05, 0) is 48.9 Å². The van der Waals surface area contributed by atoms with Crippen molar-refractivity contribution in [1.29, 1.82) is 0 Å². The zero-order valence-corrected chi connectivity index (χ0v) is 19.2. The van der Waals surface area contributed by atoms with E-state index in [1.54, 1.807) is 42.4 Å². The molecule has 1 atom stereocenters. The van der Waals surface area contributed by atoms with Gasteiger partial charge < -0.3 is 15.4 Å². The SMILES string of the molecule is COc1ccccc1NC(=O)C1=C(C)Nc2nc(-c3ccccc3Cl)nn2C1c1ccncc1. The van der Waals surface area contributed by atoms with Crippen LogP contribution in [0.1, 0.15) is 18.5 Å². The van der Waals surface area contributed by atoms with Crippen LogP contribution >= 0.6 is 11.6 Å². The summed E-state index contributed by atoms with van der Waals surface area (Å²) in [7, 11) is 1.56. The number of pyridine rings is 1. The van der Waals surface area contributed by atoms with Crippen LogP contribution in [0.25, 0.3) is 11.4 Å². The Labute approximate surface area is 201 Å². The Morgan fingerprint density at radius 3 is 2.59 bits per heavy atom. The van der Waals surface area contributed by atoms with Crippen molar-refractivity contribution in [2.24, 2.45) is 0 Å². The standard InChI is InChI=1S/C25H21ClN6O2/c1-15-21(24(33)29-19-9-5-6-10-20(19)34-2)22(16-11-13-27-14-12-16)32-25(28-15)30-23(31-32)17-7-3-4-8-18(17)26/h3-14,22H,1-2H3,(H,29,33)(H,28,30,31). The number of amides is 1. The average Bonchev–Trinajstić information content (AvgIpc) is 3.27. The predicted octanol–water partition coefficient (Wildman–Crippen LogP) is 4.93. The van der Waals surface area contributed by atoms with Crippen molar-refractivity contribution in [3.8, 4) is 17.1 Å². The molecule has 0 spiro atoms. The van der Waals surface area contributed by atoms with Gasteiger partial charge in [0.15, 0.2) is 5.82 Å². The number of hydrogen-bond acceptors (Lipinski definition) is 6. The fraction of sp³-hybridized carbons (Fsp3) is 0.120. The number of fused-ring (bicyclic) bond motifs is 1. The largest absolute Gasteiger partial charge is 0.495 e. The number of ether oxygens (including phenoxy) is 1. The molecule has 5 rings (SSSR count). The van der Waals surface area contributed by atoms with Gasteiger partial charge in [-0.15, -0.1) is 5.10 Å². The Morgan fingerprint density at radius 1 is 1.09 bits per heavy atom. The number of aromatic nitrogens is 4. The van der Waals surface area contributed by atoms with E-state index in [2.05, 4.69) is 20.6 Å². The second kappa shape index (κ2) is 8.99. The molecule has 0 saturated heterocycles. The molecule has 0 bridgehead atoms. The van der Waals surface area contributed by atoms with Gasteiger partial charge in [0.2, 0.25) is 5.95 Å². The van der Waals surface area contributed by atoms with E-state index in [0.29, 0.717) is 45.1 Å². The molecule has 4 aromatic rings. The molecule has 0 aliphatic carbocycles. The number of carbonyl (C=O) groups excluding carboxylic acids is 1. The number of nitrogens with one attached hydrogen (secondary N) is 2. The molecule has 1 unspecified atom stereocenters. The summed E-state index contributed by atoms with van der Waals surface area (Å²) in [5.74, 6) is 1.27. The lowest BCUT2D eigenvalue weighted by Gasteiger charge is -2.28. The maximum absolute atomic E-state index is 13.6. The molecule has 0 radical (unpaired) electrons. The molecule has 1 aliphatic rings. The van der Waals surface area contributed by atoms with Crippen molar-refractivity contribution in [2.45, 2.75) is 13.0 Å². The van der Waals surface area contributed by atoms with Crippen LogP contribution in [0, 0.1) is 0 Å². The Kier molecular flexibility index (Phi) is 5.73. The van der Waals surface area contributed by atoms with Crippen LogP contribution < -0.4 is 15.4 Å². The zero-order chi connectivity index (χ0) is 23.7. The van der Waals surface area contributed by atoms with Crippen molar-refractivity contribution >= 4 is 29.1 Å². The van der Waals surface area contributed by atoms with Crippen LogP contribution in [-0.4, -0.2) is 32.8 Å². The fourth-order valence-corrected chi connectivity index (χ4v) is 4.21. The second-order valence-electron chi connectivity index (χ2n) is 7.68. The monoisotopic (exact) mass is 472 g/mol. The molecule has 2 N–H and O–H groups in total. The molecule has 2 aromatic carbocycles. The van der Waals surface area contributed by atoms with Gasteiger partial charge in [-0.1, -0.05) is 35.9 Å². The Balaban J connectivity index is 1.60. The van der Waals surface area contributed by atoms with Gasteiger partial charge in [0, 0.05) is 23.7 Å². The molecule has 170 valence electrons. The van der Waals surface area contributed by atoms with Gasteiger partial charge in [0.05, 0.1) is 23.4 Å². The lowest BCUT2D eigenvalue weighted by Crippen LogP contribution is -2.31. The summed E-state index contributed by atoms with van der Waals surface area (Å²) in [5, 5.41) is 11.5. The van der Waals surface area contributed by atoms with Crippen molar-refractivity contribution in [1.82, 2.24) is 19.7 Å². The minimum atomic E-state index is -0.530. The third kappa shape index (κ3) is 3.88. The summed E-state index contributed by atoms with van der Waals surface area (Å²) in [6, 6.07) is 17.8. The maximum Gasteiger partial charge on any atom is 0.255 e. The molecule has 9 heteroatoms. The number of allylic oxidation sites excluding steroid dienone is 1. The van der Waals surface area contributed by atoms with Gasteiger partial charge >= 0.3 is 0 Å². The van der Waals surface area contributed by atoms with E-state index in [0.717, 1.165) is 5.56 Å². The predicted molar refractivity (Wildman–Crippen MR) is 131 cm³/mol. The highest BCUT2D eigenvalue weighted by molar-refractivity contribution is 6.33. The summed E-state index contributed by atoms with van der Waals surface area (Å²) in [6.45, 7) is 1.85. The van der Waals surface area contributed by atoms with Crippen LogP contribution in [0.15, 0.2) is 84.3 Å². The molecule has 0 saturated carbocycles. The molecule has 3 heterocycles. The van der Waals surface area contributed by atoms with Crippen molar-refractivity contribution in [3.63, 3.8) is 0 Å². The molecule has 0 fully saturated rings. The smallest absolute Gasteiger partial charge is 0.255 e. The quantitative estimate of drug-likeness (QED) is 0.427. The number of hydrogen-bond donors (Lipinski definition) is 2. The lowest BCUT2D eigenvalue weighted by atomic mass is 9.96. The fourth-order valence-electron chi connectivity index (χ4n) is 3.99.